The molecule has 0 N–H and O–H groups in total. The van der Waals surface area contributed by atoms with Crippen LogP contribution in [0.25, 0.3) is 0 Å². The molecule has 0 bridgehead atoms. The molecule has 0 aromatic heterocycles. The van der Waals surface area contributed by atoms with Gasteiger partial charge in [0.05, 0.1) is 12.7 Å². The number of hydrogen-bond acceptors (Lipinski definition) is 2. The number of benzene rings is 1. The third-order valence-corrected chi connectivity index (χ3v) is 3.26. The fourth-order valence-corrected chi connectivity index (χ4v) is 2.19. The Morgan fingerprint density at radius 1 is 1.11 bits per heavy atom. The van der Waals surface area contributed by atoms with Crippen LogP contribution in [-0.4, -0.2) is 13.1 Å². The van der Waals surface area contributed by atoms with Crippen LogP contribution in [0, 0.1) is 0 Å². The number of aryl methyl sites for hydroxylation is 1. The van der Waals surface area contributed by atoms with Gasteiger partial charge >= 0.3 is 5.97 Å². The molecule has 1 aromatic carbocycles. The number of carbonyl (C=O) groups is 1. The largest absolute Gasteiger partial charge is 0.465 e. The monoisotopic (exact) mass is 248 g/mol. The summed E-state index contributed by atoms with van der Waals surface area (Å²) < 4.78 is 4.88. The maximum Gasteiger partial charge on any atom is 0.338 e. The van der Waals surface area contributed by atoms with Crippen LogP contribution in [0.15, 0.2) is 18.2 Å². The van der Waals surface area contributed by atoms with E-state index in [0.29, 0.717) is 0 Å². The average molecular weight is 248 g/mol. The van der Waals surface area contributed by atoms with Crippen molar-refractivity contribution in [1.29, 1.82) is 0 Å². The number of carbonyl (C=O) groups excluding carboxylic acids is 1. The Labute approximate surface area is 110 Å². The van der Waals surface area contributed by atoms with Crippen molar-refractivity contribution in [2.24, 2.45) is 0 Å². The van der Waals surface area contributed by atoms with Gasteiger partial charge < -0.3 is 4.74 Å². The Bertz CT molecular complexity index is 383. The summed E-state index contributed by atoms with van der Waals surface area (Å²) in [5, 5.41) is 0. The smallest absolute Gasteiger partial charge is 0.338 e. The van der Waals surface area contributed by atoms with E-state index in [9.17, 15) is 4.79 Å². The van der Waals surface area contributed by atoms with E-state index in [1.807, 2.05) is 12.1 Å². The number of hydrogen-bond donors (Lipinski definition) is 0. The summed E-state index contributed by atoms with van der Waals surface area (Å²) in [6, 6.07) is 5.99. The fourth-order valence-electron chi connectivity index (χ4n) is 2.19. The number of ether oxygens (including phenoxy) is 1. The van der Waals surface area contributed by atoms with Crippen molar-refractivity contribution < 1.29 is 9.53 Å². The number of methoxy groups -OCH3 is 1. The summed E-state index contributed by atoms with van der Waals surface area (Å²) in [5.74, 6) is -0.209. The first-order chi connectivity index (χ1) is 8.74. The minimum atomic E-state index is -0.209. The lowest BCUT2D eigenvalue weighted by molar-refractivity contribution is 0.0599. The molecule has 1 aromatic rings. The van der Waals surface area contributed by atoms with Crippen molar-refractivity contribution >= 4 is 5.97 Å². The van der Waals surface area contributed by atoms with E-state index < -0.39 is 0 Å². The first kappa shape index (κ1) is 14.7. The molecule has 0 unspecified atom stereocenters. The molecule has 1 rings (SSSR count). The highest BCUT2D eigenvalue weighted by atomic mass is 16.5. The standard InChI is InChI=1S/C16H24O2/c1-4-6-9-13-10-8-12-15(16(17)18-3)14(13)11-7-5-2/h8,10,12H,4-7,9,11H2,1-3H3. The maximum absolute atomic E-state index is 11.8. The number of esters is 1. The van der Waals surface area contributed by atoms with Gasteiger partial charge in [-0.3, -0.25) is 0 Å². The molecule has 2 nitrogen and oxygen atoms in total. The van der Waals surface area contributed by atoms with Crippen molar-refractivity contribution in [2.45, 2.75) is 52.4 Å². The Morgan fingerprint density at radius 2 is 1.78 bits per heavy atom. The molecule has 0 radical (unpaired) electrons. The molecule has 2 heteroatoms. The van der Waals surface area contributed by atoms with E-state index in [0.717, 1.165) is 31.2 Å². The zero-order valence-corrected chi connectivity index (χ0v) is 11.8. The van der Waals surface area contributed by atoms with Crippen LogP contribution in [0.3, 0.4) is 0 Å². The third kappa shape index (κ3) is 3.86. The van der Waals surface area contributed by atoms with Gasteiger partial charge in [-0.2, -0.15) is 0 Å². The summed E-state index contributed by atoms with van der Waals surface area (Å²) in [5.41, 5.74) is 3.26. The first-order valence-corrected chi connectivity index (χ1v) is 6.93. The third-order valence-electron chi connectivity index (χ3n) is 3.26. The van der Waals surface area contributed by atoms with Crippen LogP contribution in [0.2, 0.25) is 0 Å². The molecule has 0 saturated heterocycles. The predicted octanol–water partition coefficient (Wildman–Crippen LogP) is 4.16. The second-order valence-corrected chi connectivity index (χ2v) is 4.64. The van der Waals surface area contributed by atoms with Crippen LogP contribution in [0.1, 0.15) is 61.0 Å². The van der Waals surface area contributed by atoms with E-state index in [2.05, 4.69) is 19.9 Å². The van der Waals surface area contributed by atoms with Gasteiger partial charge in [0.1, 0.15) is 0 Å². The predicted molar refractivity (Wildman–Crippen MR) is 75.0 cm³/mol. The highest BCUT2D eigenvalue weighted by Crippen LogP contribution is 2.20. The van der Waals surface area contributed by atoms with Crippen LogP contribution < -0.4 is 0 Å². The van der Waals surface area contributed by atoms with Crippen molar-refractivity contribution in [3.05, 3.63) is 34.9 Å². The average Bonchev–Trinajstić information content (AvgIpc) is 2.42. The summed E-state index contributed by atoms with van der Waals surface area (Å²) in [6.45, 7) is 4.36. The van der Waals surface area contributed by atoms with Crippen molar-refractivity contribution in [3.63, 3.8) is 0 Å². The second-order valence-electron chi connectivity index (χ2n) is 4.64. The fraction of sp³-hybridized carbons (Fsp3) is 0.562. The van der Waals surface area contributed by atoms with E-state index in [-0.39, 0.29) is 5.97 Å². The highest BCUT2D eigenvalue weighted by Gasteiger charge is 2.14. The van der Waals surface area contributed by atoms with Crippen molar-refractivity contribution in [1.82, 2.24) is 0 Å². The van der Waals surface area contributed by atoms with Crippen molar-refractivity contribution in [3.8, 4) is 0 Å². The summed E-state index contributed by atoms with van der Waals surface area (Å²) in [7, 11) is 1.45. The van der Waals surface area contributed by atoms with E-state index in [1.54, 1.807) is 0 Å². The zero-order chi connectivity index (χ0) is 13.4. The van der Waals surface area contributed by atoms with Gasteiger partial charge in [-0.1, -0.05) is 38.8 Å². The van der Waals surface area contributed by atoms with Crippen LogP contribution in [0.5, 0.6) is 0 Å². The van der Waals surface area contributed by atoms with Gasteiger partial charge in [-0.05, 0) is 42.9 Å². The van der Waals surface area contributed by atoms with Gasteiger partial charge in [0.15, 0.2) is 0 Å². The van der Waals surface area contributed by atoms with Gasteiger partial charge in [-0.25, -0.2) is 4.79 Å². The molecule has 0 spiro atoms. The maximum atomic E-state index is 11.8. The quantitative estimate of drug-likeness (QED) is 0.677. The van der Waals surface area contributed by atoms with E-state index >= 15 is 0 Å². The lowest BCUT2D eigenvalue weighted by Crippen LogP contribution is -2.08. The van der Waals surface area contributed by atoms with Gasteiger partial charge in [0, 0.05) is 0 Å². The first-order valence-electron chi connectivity index (χ1n) is 6.93. The lowest BCUT2D eigenvalue weighted by atomic mass is 9.93. The topological polar surface area (TPSA) is 26.3 Å². The van der Waals surface area contributed by atoms with Crippen LogP contribution in [-0.2, 0) is 17.6 Å². The Hall–Kier alpha value is -1.31. The van der Waals surface area contributed by atoms with Gasteiger partial charge in [0.25, 0.3) is 0 Å². The lowest BCUT2D eigenvalue weighted by Gasteiger charge is -2.13. The Balaban J connectivity index is 3.04. The number of rotatable bonds is 7. The summed E-state index contributed by atoms with van der Waals surface area (Å²) in [6.07, 6.45) is 6.64. The van der Waals surface area contributed by atoms with E-state index in [4.69, 9.17) is 4.74 Å². The minimum absolute atomic E-state index is 0.209. The molecular weight excluding hydrogens is 224 g/mol. The molecule has 0 atom stereocenters. The molecule has 0 aliphatic carbocycles. The molecule has 0 saturated carbocycles. The highest BCUT2D eigenvalue weighted by molar-refractivity contribution is 5.91. The molecule has 0 fully saturated rings. The molecule has 0 amide bonds. The van der Waals surface area contributed by atoms with Crippen LogP contribution >= 0.6 is 0 Å². The van der Waals surface area contributed by atoms with Crippen molar-refractivity contribution in [2.75, 3.05) is 7.11 Å². The molecule has 18 heavy (non-hydrogen) atoms. The molecule has 0 aliphatic rings. The molecule has 0 heterocycles. The van der Waals surface area contributed by atoms with Gasteiger partial charge in [0.2, 0.25) is 0 Å². The zero-order valence-electron chi connectivity index (χ0n) is 11.8. The van der Waals surface area contributed by atoms with Gasteiger partial charge in [-0.15, -0.1) is 0 Å². The molecule has 100 valence electrons. The summed E-state index contributed by atoms with van der Waals surface area (Å²) >= 11 is 0. The molecule has 0 aliphatic heterocycles. The Morgan fingerprint density at radius 3 is 2.39 bits per heavy atom. The normalized spacial score (nSPS) is 10.4. The second kappa shape index (κ2) is 7.91. The SMILES string of the molecule is CCCCc1cccc(C(=O)OC)c1CCCC. The summed E-state index contributed by atoms with van der Waals surface area (Å²) in [4.78, 5) is 11.8. The van der Waals surface area contributed by atoms with Crippen LogP contribution in [0.4, 0.5) is 0 Å². The molecular formula is C16H24O2. The Kier molecular flexibility index (Phi) is 6.48. The van der Waals surface area contributed by atoms with E-state index in [1.165, 1.54) is 31.1 Å². The number of unbranched alkanes of at least 4 members (excludes halogenated alkanes) is 2. The minimum Gasteiger partial charge on any atom is -0.465 e.